The van der Waals surface area contributed by atoms with E-state index >= 15 is 0 Å². The Kier molecular flexibility index (Phi) is 14.0. The number of nitrogens with one attached hydrogen (secondary N) is 1. The van der Waals surface area contributed by atoms with Crippen LogP contribution in [0, 0.1) is 0 Å². The van der Waals surface area contributed by atoms with Crippen molar-refractivity contribution in [3.8, 4) is 0 Å². The van der Waals surface area contributed by atoms with E-state index in [2.05, 4.69) is 33.5 Å². The normalized spacial score (nSPS) is 17.3. The maximum Gasteiger partial charge on any atom is 0.330 e. The van der Waals surface area contributed by atoms with Gasteiger partial charge in [0.25, 0.3) is 0 Å². The first kappa shape index (κ1) is 20.9. The fourth-order valence-corrected chi connectivity index (χ4v) is 5.65. The third-order valence-corrected chi connectivity index (χ3v) is 7.02. The summed E-state index contributed by atoms with van der Waals surface area (Å²) in [6, 6.07) is 0. The standard InChI is InChI=1S/C18H33NO2S2/c1-2-18(20)21-15-10-14-19-13-9-7-5-3-4-6-8-11-17-12-16-22-23-17/h2,17,19H,1,3-16H2. The topological polar surface area (TPSA) is 38.3 Å². The average molecular weight is 360 g/mol. The van der Waals surface area contributed by atoms with E-state index in [0.717, 1.165) is 24.8 Å². The highest BCUT2D eigenvalue weighted by Crippen LogP contribution is 2.39. The smallest absolute Gasteiger partial charge is 0.330 e. The van der Waals surface area contributed by atoms with E-state index in [-0.39, 0.29) is 5.97 Å². The largest absolute Gasteiger partial charge is 0.462 e. The molecule has 0 amide bonds. The van der Waals surface area contributed by atoms with Crippen molar-refractivity contribution in [2.24, 2.45) is 0 Å². The fourth-order valence-electron chi connectivity index (χ4n) is 2.62. The number of rotatable bonds is 15. The van der Waals surface area contributed by atoms with E-state index in [9.17, 15) is 4.79 Å². The van der Waals surface area contributed by atoms with Gasteiger partial charge in [0, 0.05) is 17.1 Å². The highest BCUT2D eigenvalue weighted by molar-refractivity contribution is 8.77. The van der Waals surface area contributed by atoms with Crippen LogP contribution in [-0.2, 0) is 9.53 Å². The maximum absolute atomic E-state index is 10.8. The number of unbranched alkanes of at least 4 members (excludes halogenated alkanes) is 6. The first-order valence-corrected chi connectivity index (χ1v) is 11.5. The van der Waals surface area contributed by atoms with Gasteiger partial charge in [0.15, 0.2) is 0 Å². The lowest BCUT2D eigenvalue weighted by molar-refractivity contribution is -0.137. The number of hydrogen-bond acceptors (Lipinski definition) is 5. The summed E-state index contributed by atoms with van der Waals surface area (Å²) in [7, 11) is 4.16. The molecule has 134 valence electrons. The molecule has 0 aliphatic carbocycles. The summed E-state index contributed by atoms with van der Waals surface area (Å²) < 4.78 is 4.92. The Morgan fingerprint density at radius 1 is 1.09 bits per heavy atom. The molecule has 0 radical (unpaired) electrons. The van der Waals surface area contributed by atoms with Crippen LogP contribution in [0.4, 0.5) is 0 Å². The molecule has 0 aromatic rings. The summed E-state index contributed by atoms with van der Waals surface area (Å²) >= 11 is 0. The first-order chi connectivity index (χ1) is 11.3. The van der Waals surface area contributed by atoms with E-state index in [1.54, 1.807) is 0 Å². The van der Waals surface area contributed by atoms with Gasteiger partial charge >= 0.3 is 5.97 Å². The molecule has 23 heavy (non-hydrogen) atoms. The lowest BCUT2D eigenvalue weighted by Gasteiger charge is -2.07. The second kappa shape index (κ2) is 15.4. The molecular weight excluding hydrogens is 326 g/mol. The summed E-state index contributed by atoms with van der Waals surface area (Å²) in [5.74, 6) is 1.04. The molecule has 1 saturated heterocycles. The molecule has 1 N–H and O–H groups in total. The van der Waals surface area contributed by atoms with Gasteiger partial charge in [0.1, 0.15) is 0 Å². The average Bonchev–Trinajstić information content (AvgIpc) is 3.08. The van der Waals surface area contributed by atoms with Crippen molar-refractivity contribution in [2.75, 3.05) is 25.4 Å². The van der Waals surface area contributed by atoms with Crippen molar-refractivity contribution in [3.63, 3.8) is 0 Å². The zero-order valence-electron chi connectivity index (χ0n) is 14.4. The third kappa shape index (κ3) is 12.9. The van der Waals surface area contributed by atoms with Gasteiger partial charge in [-0.1, -0.05) is 66.7 Å². The Labute approximate surface area is 150 Å². The molecule has 1 fully saturated rings. The Morgan fingerprint density at radius 3 is 2.48 bits per heavy atom. The van der Waals surface area contributed by atoms with Gasteiger partial charge in [-0.2, -0.15) is 0 Å². The summed E-state index contributed by atoms with van der Waals surface area (Å²) in [6.07, 6.45) is 14.5. The molecule has 1 rings (SSSR count). The Bertz CT molecular complexity index is 307. The van der Waals surface area contributed by atoms with Crippen molar-refractivity contribution < 1.29 is 9.53 Å². The van der Waals surface area contributed by atoms with Crippen LogP contribution in [0.2, 0.25) is 0 Å². The molecule has 0 bridgehead atoms. The lowest BCUT2D eigenvalue weighted by Crippen LogP contribution is -2.18. The van der Waals surface area contributed by atoms with E-state index in [1.807, 2.05) is 0 Å². The lowest BCUT2D eigenvalue weighted by atomic mass is 10.1. The van der Waals surface area contributed by atoms with Crippen molar-refractivity contribution in [1.29, 1.82) is 0 Å². The number of carbonyl (C=O) groups excluding carboxylic acids is 1. The third-order valence-electron chi connectivity index (χ3n) is 4.02. The van der Waals surface area contributed by atoms with Gasteiger partial charge in [-0.3, -0.25) is 0 Å². The van der Waals surface area contributed by atoms with Gasteiger partial charge in [-0.05, 0) is 38.8 Å². The zero-order valence-corrected chi connectivity index (χ0v) is 16.0. The molecule has 1 aliphatic rings. The highest BCUT2D eigenvalue weighted by Gasteiger charge is 2.15. The molecule has 0 aromatic heterocycles. The predicted molar refractivity (Wildman–Crippen MR) is 104 cm³/mol. The molecule has 1 heterocycles. The molecule has 0 spiro atoms. The maximum atomic E-state index is 10.8. The first-order valence-electron chi connectivity index (χ1n) is 9.11. The number of ether oxygens (including phenoxy) is 1. The van der Waals surface area contributed by atoms with Crippen molar-refractivity contribution in [1.82, 2.24) is 5.32 Å². The fraction of sp³-hybridized carbons (Fsp3) is 0.833. The number of esters is 1. The number of carbonyl (C=O) groups is 1. The Hall–Kier alpha value is -0.130. The van der Waals surface area contributed by atoms with Crippen LogP contribution < -0.4 is 5.32 Å². The minimum Gasteiger partial charge on any atom is -0.462 e. The SMILES string of the molecule is C=CC(=O)OCCCNCCCCCCCCCC1CCSS1. The van der Waals surface area contributed by atoms with E-state index in [4.69, 9.17) is 4.74 Å². The van der Waals surface area contributed by atoms with Crippen LogP contribution in [0.3, 0.4) is 0 Å². The zero-order chi connectivity index (χ0) is 16.6. The van der Waals surface area contributed by atoms with Crippen LogP contribution in [0.5, 0.6) is 0 Å². The Morgan fingerprint density at radius 2 is 1.78 bits per heavy atom. The Balaban J connectivity index is 1.68. The quantitative estimate of drug-likeness (QED) is 0.193. The molecule has 1 atom stereocenters. The molecule has 0 saturated carbocycles. The number of hydrogen-bond donors (Lipinski definition) is 1. The van der Waals surface area contributed by atoms with Gasteiger partial charge in [0.05, 0.1) is 6.61 Å². The second-order valence-electron chi connectivity index (χ2n) is 6.07. The highest BCUT2D eigenvalue weighted by atomic mass is 33.1. The van der Waals surface area contributed by atoms with E-state index < -0.39 is 0 Å². The van der Waals surface area contributed by atoms with E-state index in [0.29, 0.717) is 6.61 Å². The van der Waals surface area contributed by atoms with Gasteiger partial charge in [0.2, 0.25) is 0 Å². The summed E-state index contributed by atoms with van der Waals surface area (Å²) in [4.78, 5) is 10.8. The van der Waals surface area contributed by atoms with Crippen molar-refractivity contribution in [2.45, 2.75) is 69.5 Å². The molecule has 1 unspecified atom stereocenters. The van der Waals surface area contributed by atoms with Crippen LogP contribution in [0.25, 0.3) is 0 Å². The molecular formula is C18H33NO2S2. The molecule has 5 heteroatoms. The molecule has 1 aliphatic heterocycles. The van der Waals surface area contributed by atoms with Gasteiger partial charge in [-0.25, -0.2) is 4.79 Å². The monoisotopic (exact) mass is 359 g/mol. The van der Waals surface area contributed by atoms with E-state index in [1.165, 1.54) is 69.6 Å². The van der Waals surface area contributed by atoms with Gasteiger partial charge < -0.3 is 10.1 Å². The van der Waals surface area contributed by atoms with Crippen LogP contribution in [0.1, 0.15) is 64.2 Å². The van der Waals surface area contributed by atoms with Gasteiger partial charge in [-0.15, -0.1) is 0 Å². The van der Waals surface area contributed by atoms with Crippen LogP contribution in [-0.4, -0.2) is 36.7 Å². The minimum atomic E-state index is -0.328. The predicted octanol–water partition coefficient (Wildman–Crippen LogP) is 4.97. The summed E-state index contributed by atoms with van der Waals surface area (Å²) in [5, 5.41) is 4.35. The van der Waals surface area contributed by atoms with Crippen molar-refractivity contribution in [3.05, 3.63) is 12.7 Å². The molecule has 0 aromatic carbocycles. The molecule has 3 nitrogen and oxygen atoms in total. The minimum absolute atomic E-state index is 0.328. The second-order valence-corrected chi connectivity index (χ2v) is 8.86. The van der Waals surface area contributed by atoms with Crippen LogP contribution >= 0.6 is 21.6 Å². The van der Waals surface area contributed by atoms with Crippen LogP contribution in [0.15, 0.2) is 12.7 Å². The van der Waals surface area contributed by atoms with Crippen molar-refractivity contribution >= 4 is 27.6 Å². The summed E-state index contributed by atoms with van der Waals surface area (Å²) in [5.41, 5.74) is 0. The summed E-state index contributed by atoms with van der Waals surface area (Å²) in [6.45, 7) is 5.84.